The van der Waals surface area contributed by atoms with Crippen LogP contribution in [-0.2, 0) is 0 Å². The van der Waals surface area contributed by atoms with E-state index in [1.165, 1.54) is 31.4 Å². The van der Waals surface area contributed by atoms with Crippen LogP contribution in [0.1, 0.15) is 24.8 Å². The van der Waals surface area contributed by atoms with Crippen LogP contribution in [0.25, 0.3) is 0 Å². The normalized spacial score (nSPS) is 20.2. The third-order valence-corrected chi connectivity index (χ3v) is 3.84. The van der Waals surface area contributed by atoms with Gasteiger partial charge in [-0.3, -0.25) is 0 Å². The van der Waals surface area contributed by atoms with Gasteiger partial charge >= 0.3 is 0 Å². The maximum Gasteiger partial charge on any atom is 0.0960 e. The van der Waals surface area contributed by atoms with E-state index < -0.39 is 0 Å². The number of nitrogens with one attached hydrogen (secondary N) is 1. The molecule has 1 N–H and O–H groups in total. The van der Waals surface area contributed by atoms with Gasteiger partial charge in [-0.05, 0) is 37.9 Å². The van der Waals surface area contributed by atoms with E-state index in [2.05, 4.69) is 29.4 Å². The Hall–Kier alpha value is -0.250. The van der Waals surface area contributed by atoms with Gasteiger partial charge in [0.2, 0.25) is 0 Å². The molecule has 1 unspecified atom stereocenters. The summed E-state index contributed by atoms with van der Waals surface area (Å²) in [5.41, 5.74) is 1.23. The molecule has 90 valence electrons. The first kappa shape index (κ1) is 13.8. The number of rotatable bonds is 3. The Bertz CT molecular complexity index is 296. The quantitative estimate of drug-likeness (QED) is 0.844. The molecule has 0 bridgehead atoms. The van der Waals surface area contributed by atoms with E-state index in [1.807, 2.05) is 18.0 Å². The van der Waals surface area contributed by atoms with Crippen molar-refractivity contribution >= 4 is 24.2 Å². The lowest BCUT2D eigenvalue weighted by molar-refractivity contribution is 0.430. The van der Waals surface area contributed by atoms with Crippen molar-refractivity contribution < 1.29 is 0 Å². The van der Waals surface area contributed by atoms with Crippen molar-refractivity contribution in [3.8, 4) is 0 Å². The molecule has 0 saturated carbocycles. The van der Waals surface area contributed by atoms with E-state index in [0.717, 1.165) is 10.8 Å². The fourth-order valence-corrected chi connectivity index (χ4v) is 2.74. The number of hydrogen-bond donors (Lipinski definition) is 1. The summed E-state index contributed by atoms with van der Waals surface area (Å²) in [6.45, 7) is 3.26. The highest BCUT2D eigenvalue weighted by molar-refractivity contribution is 7.99. The molecule has 0 amide bonds. The largest absolute Gasteiger partial charge is 0.313 e. The Labute approximate surface area is 108 Å². The van der Waals surface area contributed by atoms with E-state index in [-0.39, 0.29) is 12.4 Å². The maximum absolute atomic E-state index is 4.40. The topological polar surface area (TPSA) is 24.9 Å². The van der Waals surface area contributed by atoms with Crippen LogP contribution in [0.4, 0.5) is 0 Å². The third kappa shape index (κ3) is 4.32. The van der Waals surface area contributed by atoms with Crippen LogP contribution >= 0.6 is 24.2 Å². The summed E-state index contributed by atoms with van der Waals surface area (Å²) < 4.78 is 0. The molecule has 0 aliphatic carbocycles. The van der Waals surface area contributed by atoms with Crippen LogP contribution in [0, 0.1) is 6.92 Å². The lowest BCUT2D eigenvalue weighted by Crippen LogP contribution is -2.35. The first-order valence-corrected chi connectivity index (χ1v) is 6.62. The Morgan fingerprint density at radius 2 is 2.31 bits per heavy atom. The molecule has 2 nitrogen and oxygen atoms in total. The number of nitrogens with zero attached hydrogens (tertiary/aromatic N) is 1. The van der Waals surface area contributed by atoms with Crippen LogP contribution in [-0.4, -0.2) is 23.3 Å². The molecule has 1 atom stereocenters. The number of piperidine rings is 1. The second-order valence-electron chi connectivity index (χ2n) is 4.13. The molecule has 1 aromatic heterocycles. The van der Waals surface area contributed by atoms with Crippen molar-refractivity contribution in [1.82, 2.24) is 10.3 Å². The van der Waals surface area contributed by atoms with Crippen molar-refractivity contribution in [2.45, 2.75) is 37.3 Å². The molecule has 1 saturated heterocycles. The number of pyridine rings is 1. The summed E-state index contributed by atoms with van der Waals surface area (Å²) >= 11 is 1.86. The zero-order valence-corrected chi connectivity index (χ0v) is 11.2. The van der Waals surface area contributed by atoms with E-state index in [4.69, 9.17) is 0 Å². The number of thioether (sulfide) groups is 1. The molecule has 16 heavy (non-hydrogen) atoms. The molecule has 0 spiro atoms. The first-order chi connectivity index (χ1) is 7.34. The van der Waals surface area contributed by atoms with E-state index >= 15 is 0 Å². The third-order valence-electron chi connectivity index (χ3n) is 2.73. The van der Waals surface area contributed by atoms with Crippen molar-refractivity contribution in [3.63, 3.8) is 0 Å². The summed E-state index contributed by atoms with van der Waals surface area (Å²) in [7, 11) is 0. The van der Waals surface area contributed by atoms with Gasteiger partial charge < -0.3 is 5.32 Å². The molecule has 2 heterocycles. The molecule has 1 aliphatic rings. The Kier molecular flexibility index (Phi) is 6.17. The van der Waals surface area contributed by atoms with Crippen LogP contribution < -0.4 is 5.32 Å². The zero-order valence-electron chi connectivity index (χ0n) is 9.61. The second-order valence-corrected chi connectivity index (χ2v) is 5.17. The number of halogens is 1. The lowest BCUT2D eigenvalue weighted by Gasteiger charge is -2.22. The van der Waals surface area contributed by atoms with Gasteiger partial charge in [0.1, 0.15) is 0 Å². The predicted octanol–water partition coefficient (Wildman–Crippen LogP) is 3.05. The average molecular weight is 259 g/mol. The van der Waals surface area contributed by atoms with Gasteiger partial charge in [0, 0.05) is 18.0 Å². The molecule has 0 radical (unpaired) electrons. The van der Waals surface area contributed by atoms with Gasteiger partial charge in [-0.2, -0.15) is 0 Å². The van der Waals surface area contributed by atoms with Gasteiger partial charge in [0.15, 0.2) is 0 Å². The van der Waals surface area contributed by atoms with Crippen molar-refractivity contribution in [2.75, 3.05) is 12.3 Å². The van der Waals surface area contributed by atoms with Gasteiger partial charge in [0.05, 0.1) is 5.03 Å². The van der Waals surface area contributed by atoms with Crippen LogP contribution in [0.2, 0.25) is 0 Å². The van der Waals surface area contributed by atoms with Gasteiger partial charge in [-0.1, -0.05) is 12.5 Å². The van der Waals surface area contributed by atoms with Crippen LogP contribution in [0.5, 0.6) is 0 Å². The molecular weight excluding hydrogens is 240 g/mol. The fraction of sp³-hybridized carbons (Fsp3) is 0.583. The minimum absolute atomic E-state index is 0. The number of hydrogen-bond acceptors (Lipinski definition) is 3. The smallest absolute Gasteiger partial charge is 0.0960 e. The maximum atomic E-state index is 4.40. The molecule has 1 fully saturated rings. The summed E-state index contributed by atoms with van der Waals surface area (Å²) in [5.74, 6) is 1.15. The van der Waals surface area contributed by atoms with Gasteiger partial charge in [0.25, 0.3) is 0 Å². The van der Waals surface area contributed by atoms with Gasteiger partial charge in [-0.15, -0.1) is 24.2 Å². The van der Waals surface area contributed by atoms with Crippen molar-refractivity contribution in [2.24, 2.45) is 0 Å². The van der Waals surface area contributed by atoms with Crippen LogP contribution in [0.15, 0.2) is 23.4 Å². The van der Waals surface area contributed by atoms with Crippen LogP contribution in [0.3, 0.4) is 0 Å². The van der Waals surface area contributed by atoms with E-state index in [1.54, 1.807) is 0 Å². The SMILES string of the molecule is Cc1ccc(SCC2CCCCN2)nc1.Cl. The summed E-state index contributed by atoms with van der Waals surface area (Å²) in [6.07, 6.45) is 5.97. The molecular formula is C12H19ClN2S. The molecule has 1 aromatic rings. The Balaban J connectivity index is 0.00000128. The molecule has 2 rings (SSSR count). The molecule has 4 heteroatoms. The fourth-order valence-electron chi connectivity index (χ4n) is 1.79. The standard InChI is InChI=1S/C12H18N2S.ClH/c1-10-5-6-12(14-8-10)15-9-11-4-2-3-7-13-11;/h5-6,8,11,13H,2-4,7,9H2,1H3;1H. The number of aromatic nitrogens is 1. The van der Waals surface area contributed by atoms with Crippen molar-refractivity contribution in [1.29, 1.82) is 0 Å². The van der Waals surface area contributed by atoms with Gasteiger partial charge in [-0.25, -0.2) is 4.98 Å². The highest BCUT2D eigenvalue weighted by atomic mass is 35.5. The average Bonchev–Trinajstić information content (AvgIpc) is 2.30. The Morgan fingerprint density at radius 3 is 2.94 bits per heavy atom. The molecule has 1 aliphatic heterocycles. The highest BCUT2D eigenvalue weighted by Crippen LogP contribution is 2.19. The highest BCUT2D eigenvalue weighted by Gasteiger charge is 2.12. The first-order valence-electron chi connectivity index (χ1n) is 5.63. The summed E-state index contributed by atoms with van der Waals surface area (Å²) in [6, 6.07) is 4.93. The van der Waals surface area contributed by atoms with E-state index in [9.17, 15) is 0 Å². The minimum atomic E-state index is 0. The molecule has 0 aromatic carbocycles. The predicted molar refractivity (Wildman–Crippen MR) is 72.6 cm³/mol. The second kappa shape index (κ2) is 7.15. The Morgan fingerprint density at radius 1 is 1.44 bits per heavy atom. The zero-order chi connectivity index (χ0) is 10.5. The monoisotopic (exact) mass is 258 g/mol. The summed E-state index contributed by atoms with van der Waals surface area (Å²) in [4.78, 5) is 4.40. The van der Waals surface area contributed by atoms with Crippen molar-refractivity contribution in [3.05, 3.63) is 23.9 Å². The number of aryl methyl sites for hydroxylation is 1. The summed E-state index contributed by atoms with van der Waals surface area (Å²) in [5, 5.41) is 4.70. The minimum Gasteiger partial charge on any atom is -0.313 e. The van der Waals surface area contributed by atoms with E-state index in [0.29, 0.717) is 6.04 Å². The lowest BCUT2D eigenvalue weighted by atomic mass is 10.1.